The number of hydrogen-bond donors (Lipinski definition) is 3. The van der Waals surface area contributed by atoms with E-state index in [2.05, 4.69) is 10.3 Å². The van der Waals surface area contributed by atoms with Gasteiger partial charge in [-0.15, -0.1) is 0 Å². The Morgan fingerprint density at radius 3 is 2.42 bits per heavy atom. The second kappa shape index (κ2) is 4.89. The highest BCUT2D eigenvalue weighted by atomic mass is 19.1. The molecule has 0 atom stereocenters. The van der Waals surface area contributed by atoms with Crippen molar-refractivity contribution in [3.05, 3.63) is 47.7 Å². The van der Waals surface area contributed by atoms with Crippen LogP contribution in [0.25, 0.3) is 0 Å². The number of nitrogens with one attached hydrogen (secondary N) is 1. The first-order valence-corrected chi connectivity index (χ1v) is 5.17. The Balaban J connectivity index is 2.40. The topological polar surface area (TPSA) is 88.2 Å². The molecular formula is C12H9F2N3O2. The number of nitrogens with zero attached hydrogens (tertiary/aromatic N) is 1. The number of carboxylic acids is 1. The number of aromatic carboxylic acids is 1. The third-order valence-corrected chi connectivity index (χ3v) is 2.30. The summed E-state index contributed by atoms with van der Waals surface area (Å²) in [4.78, 5) is 14.8. The lowest BCUT2D eigenvalue weighted by Crippen LogP contribution is -2.05. The monoisotopic (exact) mass is 265 g/mol. The normalized spacial score (nSPS) is 10.2. The lowest BCUT2D eigenvalue weighted by Gasteiger charge is -2.10. The lowest BCUT2D eigenvalue weighted by molar-refractivity contribution is 0.0698. The quantitative estimate of drug-likeness (QED) is 0.793. The number of halogens is 2. The zero-order chi connectivity index (χ0) is 14.0. The molecule has 0 aliphatic heterocycles. The third-order valence-electron chi connectivity index (χ3n) is 2.30. The minimum Gasteiger partial charge on any atom is -0.478 e. The Labute approximate surface area is 106 Å². The molecule has 4 N–H and O–H groups in total. The van der Waals surface area contributed by atoms with E-state index in [-0.39, 0.29) is 22.8 Å². The van der Waals surface area contributed by atoms with Crippen molar-refractivity contribution >= 4 is 23.2 Å². The Morgan fingerprint density at radius 1 is 1.21 bits per heavy atom. The maximum atomic E-state index is 13.0. The molecule has 2 rings (SSSR count). The van der Waals surface area contributed by atoms with E-state index in [0.29, 0.717) is 6.07 Å². The molecule has 0 fully saturated rings. The number of nitrogens with two attached hydrogens (primary N) is 1. The molecule has 1 aromatic carbocycles. The van der Waals surface area contributed by atoms with Gasteiger partial charge < -0.3 is 16.2 Å². The second-order valence-electron chi connectivity index (χ2n) is 3.74. The molecule has 98 valence electrons. The highest BCUT2D eigenvalue weighted by molar-refractivity contribution is 5.95. The van der Waals surface area contributed by atoms with Crippen molar-refractivity contribution in [2.75, 3.05) is 11.1 Å². The van der Waals surface area contributed by atoms with Crippen molar-refractivity contribution in [2.45, 2.75) is 0 Å². The molecule has 19 heavy (non-hydrogen) atoms. The molecule has 5 nitrogen and oxygen atoms in total. The van der Waals surface area contributed by atoms with Gasteiger partial charge >= 0.3 is 5.97 Å². The zero-order valence-corrected chi connectivity index (χ0v) is 9.52. The summed E-state index contributed by atoms with van der Waals surface area (Å²) in [6.07, 6.45) is 1.18. The zero-order valence-electron chi connectivity index (χ0n) is 9.52. The number of aromatic nitrogens is 1. The summed E-state index contributed by atoms with van der Waals surface area (Å²) in [7, 11) is 0. The molecule has 0 saturated heterocycles. The molecule has 0 unspecified atom stereocenters. The van der Waals surface area contributed by atoms with Crippen molar-refractivity contribution in [3.8, 4) is 0 Å². The summed E-state index contributed by atoms with van der Waals surface area (Å²) in [6.45, 7) is 0. The molecule has 0 spiro atoms. The number of pyridine rings is 1. The number of carbonyl (C=O) groups is 1. The first-order chi connectivity index (χ1) is 8.95. The van der Waals surface area contributed by atoms with Gasteiger partial charge in [0.2, 0.25) is 0 Å². The van der Waals surface area contributed by atoms with Gasteiger partial charge in [-0.05, 0) is 18.2 Å². The van der Waals surface area contributed by atoms with Crippen LogP contribution in [0.15, 0.2) is 30.5 Å². The minimum atomic E-state index is -1.23. The van der Waals surface area contributed by atoms with Crippen LogP contribution in [-0.2, 0) is 0 Å². The van der Waals surface area contributed by atoms with E-state index in [1.807, 2.05) is 0 Å². The van der Waals surface area contributed by atoms with Gasteiger partial charge in [0.15, 0.2) is 0 Å². The van der Waals surface area contributed by atoms with E-state index in [4.69, 9.17) is 10.8 Å². The molecule has 0 aliphatic carbocycles. The third kappa shape index (κ3) is 2.95. The maximum absolute atomic E-state index is 13.0. The molecule has 0 amide bonds. The Morgan fingerprint density at radius 2 is 1.84 bits per heavy atom. The molecule has 1 heterocycles. The van der Waals surface area contributed by atoms with E-state index >= 15 is 0 Å². The summed E-state index contributed by atoms with van der Waals surface area (Å²) >= 11 is 0. The SMILES string of the molecule is Nc1cc(C(=O)O)c(Nc2cc(F)cc(F)c2)cn1. The number of benzene rings is 1. The van der Waals surface area contributed by atoms with Crippen molar-refractivity contribution in [2.24, 2.45) is 0 Å². The van der Waals surface area contributed by atoms with Crippen LogP contribution in [0.5, 0.6) is 0 Å². The van der Waals surface area contributed by atoms with Crippen molar-refractivity contribution < 1.29 is 18.7 Å². The summed E-state index contributed by atoms with van der Waals surface area (Å²) in [5, 5.41) is 11.6. The van der Waals surface area contributed by atoms with Gasteiger partial charge in [0.25, 0.3) is 0 Å². The van der Waals surface area contributed by atoms with Crippen molar-refractivity contribution in [1.82, 2.24) is 4.98 Å². The molecular weight excluding hydrogens is 256 g/mol. The van der Waals surface area contributed by atoms with Crippen LogP contribution < -0.4 is 11.1 Å². The Bertz CT molecular complexity index is 627. The molecule has 0 bridgehead atoms. The van der Waals surface area contributed by atoms with Crippen LogP contribution in [0.3, 0.4) is 0 Å². The fraction of sp³-hybridized carbons (Fsp3) is 0. The minimum absolute atomic E-state index is 0.0355. The first kappa shape index (κ1) is 12.7. The highest BCUT2D eigenvalue weighted by Crippen LogP contribution is 2.23. The van der Waals surface area contributed by atoms with Crippen LogP contribution in [0.2, 0.25) is 0 Å². The standard InChI is InChI=1S/C12H9F2N3O2/c13-6-1-7(14)3-8(2-6)17-10-5-16-11(15)4-9(10)12(18)19/h1-5,17H,(H2,15,16)(H,18,19). The molecule has 0 aliphatic rings. The number of rotatable bonds is 3. The van der Waals surface area contributed by atoms with Gasteiger partial charge in [-0.1, -0.05) is 0 Å². The summed E-state index contributed by atoms with van der Waals surface area (Å²) < 4.78 is 26.0. The van der Waals surface area contributed by atoms with Gasteiger partial charge in [-0.2, -0.15) is 0 Å². The molecule has 1 aromatic heterocycles. The Hall–Kier alpha value is -2.70. The molecule has 7 heteroatoms. The maximum Gasteiger partial charge on any atom is 0.338 e. The highest BCUT2D eigenvalue weighted by Gasteiger charge is 2.12. The van der Waals surface area contributed by atoms with Gasteiger partial charge in [-0.25, -0.2) is 18.6 Å². The van der Waals surface area contributed by atoms with E-state index in [9.17, 15) is 13.6 Å². The van der Waals surface area contributed by atoms with Crippen molar-refractivity contribution in [3.63, 3.8) is 0 Å². The fourth-order valence-corrected chi connectivity index (χ4v) is 1.53. The van der Waals surface area contributed by atoms with Gasteiger partial charge in [0.1, 0.15) is 17.5 Å². The van der Waals surface area contributed by atoms with Crippen LogP contribution in [-0.4, -0.2) is 16.1 Å². The van der Waals surface area contributed by atoms with Gasteiger partial charge in [0, 0.05) is 11.8 Å². The first-order valence-electron chi connectivity index (χ1n) is 5.17. The summed E-state index contributed by atoms with van der Waals surface area (Å²) in [5.74, 6) is -2.74. The van der Waals surface area contributed by atoms with E-state index in [1.165, 1.54) is 6.20 Å². The second-order valence-corrected chi connectivity index (χ2v) is 3.74. The smallest absolute Gasteiger partial charge is 0.338 e. The van der Waals surface area contributed by atoms with Crippen LogP contribution in [0.4, 0.5) is 26.0 Å². The summed E-state index contributed by atoms with van der Waals surface area (Å²) in [6, 6.07) is 3.93. The number of anilines is 3. The van der Waals surface area contributed by atoms with Crippen molar-refractivity contribution in [1.29, 1.82) is 0 Å². The average Bonchev–Trinajstić information content (AvgIpc) is 2.30. The van der Waals surface area contributed by atoms with E-state index in [1.54, 1.807) is 0 Å². The lowest BCUT2D eigenvalue weighted by atomic mass is 10.2. The largest absolute Gasteiger partial charge is 0.478 e. The number of hydrogen-bond acceptors (Lipinski definition) is 4. The number of carboxylic acid groups (broad SMARTS) is 1. The molecule has 2 aromatic rings. The van der Waals surface area contributed by atoms with Crippen LogP contribution in [0, 0.1) is 11.6 Å². The fourth-order valence-electron chi connectivity index (χ4n) is 1.53. The molecule has 0 saturated carbocycles. The van der Waals surface area contributed by atoms with Gasteiger partial charge in [-0.3, -0.25) is 0 Å². The van der Waals surface area contributed by atoms with Gasteiger partial charge in [0.05, 0.1) is 17.4 Å². The Kier molecular flexibility index (Phi) is 3.28. The van der Waals surface area contributed by atoms with Crippen LogP contribution >= 0.6 is 0 Å². The summed E-state index contributed by atoms with van der Waals surface area (Å²) in [5.41, 5.74) is 5.41. The average molecular weight is 265 g/mol. The predicted octanol–water partition coefficient (Wildman–Crippen LogP) is 2.38. The van der Waals surface area contributed by atoms with E-state index < -0.39 is 17.6 Å². The predicted molar refractivity (Wildman–Crippen MR) is 65.2 cm³/mol. The number of nitrogen functional groups attached to an aromatic ring is 1. The molecule has 0 radical (unpaired) electrons. The van der Waals surface area contributed by atoms with E-state index in [0.717, 1.165) is 18.2 Å². The van der Waals surface area contributed by atoms with Crippen LogP contribution in [0.1, 0.15) is 10.4 Å².